The van der Waals surface area contributed by atoms with Gasteiger partial charge in [-0.15, -0.1) is 12.6 Å². The zero-order valence-electron chi connectivity index (χ0n) is 3.68. The molecule has 0 aromatic carbocycles. The molecular weight excluding hydrogens is 96.1 g/mol. The first kappa shape index (κ1) is 6.05. The minimum absolute atomic E-state index is 0.0926. The average molecular weight is 104 g/mol. The quantitative estimate of drug-likeness (QED) is 0.472. The summed E-state index contributed by atoms with van der Waals surface area (Å²) in [4.78, 5) is 0.859. The summed E-state index contributed by atoms with van der Waals surface area (Å²) in [5.74, 6) is 0. The minimum Gasteiger partial charge on any atom is -0.392 e. The minimum atomic E-state index is 0.0926. The third-order valence-electron chi connectivity index (χ3n) is 0.387. The molecule has 0 heterocycles. The van der Waals surface area contributed by atoms with Crippen molar-refractivity contribution < 1.29 is 5.11 Å². The summed E-state index contributed by atoms with van der Waals surface area (Å²) >= 11 is 3.88. The Morgan fingerprint density at radius 2 is 2.50 bits per heavy atom. The van der Waals surface area contributed by atoms with E-state index in [-0.39, 0.29) is 6.61 Å². The lowest BCUT2D eigenvalue weighted by atomic mass is 10.5. The lowest BCUT2D eigenvalue weighted by Crippen LogP contribution is -1.69. The lowest BCUT2D eigenvalue weighted by molar-refractivity contribution is 0.342. The molecule has 1 nitrogen and oxygen atoms in total. The topological polar surface area (TPSA) is 20.2 Å². The molecule has 0 aliphatic heterocycles. The molecule has 0 aliphatic rings. The maximum absolute atomic E-state index is 8.11. The van der Waals surface area contributed by atoms with Crippen LogP contribution >= 0.6 is 12.6 Å². The fourth-order valence-corrected chi connectivity index (χ4v) is 0.214. The van der Waals surface area contributed by atoms with E-state index in [0.717, 1.165) is 4.91 Å². The number of allylic oxidation sites excluding steroid dienone is 1. The average Bonchev–Trinajstić information content (AvgIpc) is 1.35. The van der Waals surface area contributed by atoms with Gasteiger partial charge >= 0.3 is 0 Å². The molecule has 0 atom stereocenters. The summed E-state index contributed by atoms with van der Waals surface area (Å²) in [6.07, 6.45) is 1.63. The van der Waals surface area contributed by atoms with E-state index in [2.05, 4.69) is 12.6 Å². The van der Waals surface area contributed by atoms with Gasteiger partial charge in [-0.1, -0.05) is 6.08 Å². The maximum Gasteiger partial charge on any atom is 0.0622 e. The van der Waals surface area contributed by atoms with Crippen LogP contribution in [-0.4, -0.2) is 11.7 Å². The van der Waals surface area contributed by atoms with Gasteiger partial charge in [0.2, 0.25) is 0 Å². The Labute approximate surface area is 43.1 Å². The van der Waals surface area contributed by atoms with Gasteiger partial charge in [0.25, 0.3) is 0 Å². The molecule has 36 valence electrons. The first-order valence-electron chi connectivity index (χ1n) is 1.74. The van der Waals surface area contributed by atoms with Gasteiger partial charge in [0.15, 0.2) is 0 Å². The Morgan fingerprint density at radius 1 is 2.00 bits per heavy atom. The van der Waals surface area contributed by atoms with Crippen LogP contribution in [0.15, 0.2) is 11.0 Å². The summed E-state index contributed by atoms with van der Waals surface area (Å²) in [6, 6.07) is 0. The molecule has 0 aliphatic carbocycles. The first-order valence-corrected chi connectivity index (χ1v) is 2.18. The number of aliphatic hydroxyl groups excluding tert-OH is 1. The van der Waals surface area contributed by atoms with E-state index in [1.165, 1.54) is 0 Å². The van der Waals surface area contributed by atoms with E-state index >= 15 is 0 Å². The van der Waals surface area contributed by atoms with Crippen molar-refractivity contribution in [1.29, 1.82) is 0 Å². The van der Waals surface area contributed by atoms with Gasteiger partial charge in [0, 0.05) is 0 Å². The number of hydrogen-bond donors (Lipinski definition) is 2. The monoisotopic (exact) mass is 104 g/mol. The van der Waals surface area contributed by atoms with Crippen molar-refractivity contribution in [2.75, 3.05) is 6.61 Å². The summed E-state index contributed by atoms with van der Waals surface area (Å²) < 4.78 is 0. The zero-order valence-corrected chi connectivity index (χ0v) is 4.57. The second-order valence-electron chi connectivity index (χ2n) is 1.03. The fourth-order valence-electron chi connectivity index (χ4n) is 0.132. The Kier molecular flexibility index (Phi) is 3.28. The highest BCUT2D eigenvalue weighted by Crippen LogP contribution is 1.93. The predicted molar refractivity (Wildman–Crippen MR) is 29.8 cm³/mol. The van der Waals surface area contributed by atoms with E-state index in [1.54, 1.807) is 6.08 Å². The van der Waals surface area contributed by atoms with Gasteiger partial charge in [-0.3, -0.25) is 0 Å². The van der Waals surface area contributed by atoms with Crippen LogP contribution in [0.5, 0.6) is 0 Å². The van der Waals surface area contributed by atoms with Crippen LogP contribution in [0.4, 0.5) is 0 Å². The molecule has 0 rings (SSSR count). The van der Waals surface area contributed by atoms with Crippen molar-refractivity contribution in [2.24, 2.45) is 0 Å². The van der Waals surface area contributed by atoms with Crippen LogP contribution in [0.2, 0.25) is 0 Å². The summed E-state index contributed by atoms with van der Waals surface area (Å²) in [5, 5.41) is 8.11. The molecule has 0 radical (unpaired) electrons. The van der Waals surface area contributed by atoms with E-state index in [1.807, 2.05) is 6.92 Å². The normalized spacial score (nSPS) is 12.2. The maximum atomic E-state index is 8.11. The summed E-state index contributed by atoms with van der Waals surface area (Å²) in [5.41, 5.74) is 0. The van der Waals surface area contributed by atoms with Crippen LogP contribution < -0.4 is 0 Å². The Bertz CT molecular complexity index is 54.6. The molecule has 0 spiro atoms. The van der Waals surface area contributed by atoms with Gasteiger partial charge in [-0.25, -0.2) is 0 Å². The highest BCUT2D eigenvalue weighted by molar-refractivity contribution is 7.84. The molecule has 0 amide bonds. The van der Waals surface area contributed by atoms with Crippen molar-refractivity contribution in [3.8, 4) is 0 Å². The van der Waals surface area contributed by atoms with E-state index in [4.69, 9.17) is 5.11 Å². The third kappa shape index (κ3) is 4.05. The second-order valence-corrected chi connectivity index (χ2v) is 1.73. The molecule has 0 saturated heterocycles. The van der Waals surface area contributed by atoms with Gasteiger partial charge in [0.05, 0.1) is 6.61 Å². The first-order chi connectivity index (χ1) is 2.77. The fraction of sp³-hybridized carbons (Fsp3) is 0.500. The number of hydrogen-bond acceptors (Lipinski definition) is 2. The molecule has 1 N–H and O–H groups in total. The van der Waals surface area contributed by atoms with Crippen LogP contribution in [-0.2, 0) is 0 Å². The Morgan fingerprint density at radius 3 is 2.50 bits per heavy atom. The Hall–Kier alpha value is 0.0500. The SMILES string of the molecule is CC(S)=CCO. The molecule has 0 fully saturated rings. The van der Waals surface area contributed by atoms with Crippen molar-refractivity contribution in [3.63, 3.8) is 0 Å². The molecular formula is C4H8OS. The van der Waals surface area contributed by atoms with Gasteiger partial charge in [-0.05, 0) is 11.8 Å². The summed E-state index contributed by atoms with van der Waals surface area (Å²) in [6.45, 7) is 1.91. The van der Waals surface area contributed by atoms with Crippen LogP contribution in [0.1, 0.15) is 6.92 Å². The third-order valence-corrected chi connectivity index (χ3v) is 0.569. The van der Waals surface area contributed by atoms with Crippen LogP contribution in [0.25, 0.3) is 0 Å². The number of thiol groups is 1. The molecule has 0 bridgehead atoms. The van der Waals surface area contributed by atoms with Gasteiger partial charge in [0.1, 0.15) is 0 Å². The second kappa shape index (κ2) is 3.25. The molecule has 0 aromatic rings. The van der Waals surface area contributed by atoms with Crippen molar-refractivity contribution in [2.45, 2.75) is 6.92 Å². The number of aliphatic hydroxyl groups is 1. The largest absolute Gasteiger partial charge is 0.392 e. The van der Waals surface area contributed by atoms with Gasteiger partial charge < -0.3 is 5.11 Å². The standard InChI is InChI=1S/C4H8OS/c1-4(6)2-3-5/h2,5-6H,3H2,1H3. The van der Waals surface area contributed by atoms with Crippen molar-refractivity contribution in [3.05, 3.63) is 11.0 Å². The van der Waals surface area contributed by atoms with Crippen LogP contribution in [0, 0.1) is 0 Å². The Balaban J connectivity index is 3.14. The van der Waals surface area contributed by atoms with Gasteiger partial charge in [-0.2, -0.15) is 0 Å². The highest BCUT2D eigenvalue weighted by atomic mass is 32.1. The summed E-state index contributed by atoms with van der Waals surface area (Å²) in [7, 11) is 0. The lowest BCUT2D eigenvalue weighted by Gasteiger charge is -1.79. The van der Waals surface area contributed by atoms with Crippen molar-refractivity contribution >= 4 is 12.6 Å². The van der Waals surface area contributed by atoms with Crippen molar-refractivity contribution in [1.82, 2.24) is 0 Å². The predicted octanol–water partition coefficient (Wildman–Crippen LogP) is 0.812. The van der Waals surface area contributed by atoms with Crippen LogP contribution in [0.3, 0.4) is 0 Å². The molecule has 2 heteroatoms. The smallest absolute Gasteiger partial charge is 0.0622 e. The molecule has 0 saturated carbocycles. The zero-order chi connectivity index (χ0) is 4.99. The van der Waals surface area contributed by atoms with E-state index in [9.17, 15) is 0 Å². The molecule has 6 heavy (non-hydrogen) atoms. The number of rotatable bonds is 1. The van der Waals surface area contributed by atoms with E-state index < -0.39 is 0 Å². The highest BCUT2D eigenvalue weighted by Gasteiger charge is 1.69. The van der Waals surface area contributed by atoms with E-state index in [0.29, 0.717) is 0 Å². The molecule has 0 unspecified atom stereocenters. The molecule has 0 aromatic heterocycles.